The second-order valence-electron chi connectivity index (χ2n) is 17.4. The molecule has 6 nitrogen and oxygen atoms in total. The van der Waals surface area contributed by atoms with Crippen LogP contribution in [-0.4, -0.2) is 37.2 Å². The molecule has 63 heavy (non-hydrogen) atoms. The van der Waals surface area contributed by atoms with Gasteiger partial charge in [0, 0.05) is 19.3 Å². The number of carbonyl (C=O) groups excluding carboxylic acids is 3. The van der Waals surface area contributed by atoms with Gasteiger partial charge in [-0.2, -0.15) is 0 Å². The zero-order chi connectivity index (χ0) is 45.8. The number of unbranched alkanes of at least 4 members (excludes halogenated alkanes) is 24. The number of allylic oxidation sites excluding steroid dienone is 12. The average Bonchev–Trinajstić information content (AvgIpc) is 3.28. The first-order valence-corrected chi connectivity index (χ1v) is 26.4. The van der Waals surface area contributed by atoms with Crippen LogP contribution in [0.15, 0.2) is 72.9 Å². The van der Waals surface area contributed by atoms with E-state index in [9.17, 15) is 14.4 Å². The van der Waals surface area contributed by atoms with Crippen LogP contribution in [0.1, 0.15) is 252 Å². The molecule has 0 bridgehead atoms. The first-order valence-electron chi connectivity index (χ1n) is 26.4. The Morgan fingerprint density at radius 3 is 1.05 bits per heavy atom. The predicted molar refractivity (Wildman–Crippen MR) is 270 cm³/mol. The quantitative estimate of drug-likeness (QED) is 0.0262. The van der Waals surface area contributed by atoms with Crippen LogP contribution in [-0.2, 0) is 28.6 Å². The molecule has 0 aliphatic heterocycles. The van der Waals surface area contributed by atoms with E-state index in [1.165, 1.54) is 109 Å². The molecule has 0 saturated heterocycles. The van der Waals surface area contributed by atoms with Gasteiger partial charge in [-0.3, -0.25) is 14.4 Å². The van der Waals surface area contributed by atoms with Gasteiger partial charge in [0.15, 0.2) is 6.10 Å². The number of hydrogen-bond donors (Lipinski definition) is 0. The van der Waals surface area contributed by atoms with Gasteiger partial charge in [-0.1, -0.05) is 222 Å². The maximum absolute atomic E-state index is 12.8. The van der Waals surface area contributed by atoms with Crippen LogP contribution in [0.4, 0.5) is 0 Å². The van der Waals surface area contributed by atoms with E-state index in [4.69, 9.17) is 14.2 Å². The van der Waals surface area contributed by atoms with E-state index < -0.39 is 6.10 Å². The van der Waals surface area contributed by atoms with E-state index in [1.807, 2.05) is 0 Å². The summed E-state index contributed by atoms with van der Waals surface area (Å²) in [6.45, 7) is 6.46. The topological polar surface area (TPSA) is 78.9 Å². The summed E-state index contributed by atoms with van der Waals surface area (Å²) in [4.78, 5) is 38.0. The molecule has 0 aromatic heterocycles. The van der Waals surface area contributed by atoms with Crippen molar-refractivity contribution in [3.63, 3.8) is 0 Å². The lowest BCUT2D eigenvalue weighted by molar-refractivity contribution is -0.167. The fraction of sp³-hybridized carbons (Fsp3) is 0.737. The van der Waals surface area contributed by atoms with E-state index in [-0.39, 0.29) is 31.1 Å². The Hall–Kier alpha value is -3.15. The molecule has 0 aromatic rings. The van der Waals surface area contributed by atoms with E-state index in [2.05, 4.69) is 93.7 Å². The van der Waals surface area contributed by atoms with Crippen LogP contribution in [0.2, 0.25) is 0 Å². The van der Waals surface area contributed by atoms with Gasteiger partial charge in [-0.25, -0.2) is 0 Å². The number of hydrogen-bond acceptors (Lipinski definition) is 6. The summed E-state index contributed by atoms with van der Waals surface area (Å²) in [5, 5.41) is 0. The monoisotopic (exact) mass is 879 g/mol. The van der Waals surface area contributed by atoms with Crippen molar-refractivity contribution in [2.24, 2.45) is 0 Å². The summed E-state index contributed by atoms with van der Waals surface area (Å²) in [5.74, 6) is -0.927. The minimum absolute atomic E-state index is 0.0890. The molecule has 0 spiro atoms. The summed E-state index contributed by atoms with van der Waals surface area (Å²) in [7, 11) is 0. The average molecular weight is 879 g/mol. The van der Waals surface area contributed by atoms with E-state index in [0.29, 0.717) is 19.3 Å². The normalized spacial score (nSPS) is 12.6. The third-order valence-corrected chi connectivity index (χ3v) is 11.2. The molecule has 362 valence electrons. The molecule has 0 saturated carbocycles. The summed E-state index contributed by atoms with van der Waals surface area (Å²) >= 11 is 0. The Balaban J connectivity index is 4.41. The molecule has 0 aliphatic carbocycles. The summed E-state index contributed by atoms with van der Waals surface area (Å²) in [5.41, 5.74) is 0. The number of carbonyl (C=O) groups is 3. The Labute approximate surface area is 389 Å². The van der Waals surface area contributed by atoms with E-state index >= 15 is 0 Å². The molecule has 0 unspecified atom stereocenters. The maximum atomic E-state index is 12.8. The van der Waals surface area contributed by atoms with E-state index in [0.717, 1.165) is 103 Å². The SMILES string of the molecule is CC/C=C\C/C=C\C/C=C\C/C=C\C/C=C\CCCCCC(=O)OC[C@@H](COC(=O)CCCCCCC/C=C\CCCC)OC(=O)CCCCCCCCCCCCCCCCC. The Morgan fingerprint density at radius 2 is 0.635 bits per heavy atom. The first-order chi connectivity index (χ1) is 31.0. The number of esters is 3. The number of rotatable bonds is 47. The molecule has 0 amide bonds. The zero-order valence-corrected chi connectivity index (χ0v) is 41.3. The second kappa shape index (κ2) is 51.5. The van der Waals surface area contributed by atoms with Crippen molar-refractivity contribution in [1.29, 1.82) is 0 Å². The van der Waals surface area contributed by atoms with Crippen molar-refractivity contribution in [2.45, 2.75) is 258 Å². The van der Waals surface area contributed by atoms with Crippen molar-refractivity contribution >= 4 is 17.9 Å². The molecule has 0 N–H and O–H groups in total. The molecular formula is C57H98O6. The highest BCUT2D eigenvalue weighted by atomic mass is 16.6. The molecule has 0 fully saturated rings. The molecule has 0 heterocycles. The molecule has 1 atom stereocenters. The Bertz CT molecular complexity index is 1190. The van der Waals surface area contributed by atoms with Crippen molar-refractivity contribution < 1.29 is 28.6 Å². The highest BCUT2D eigenvalue weighted by molar-refractivity contribution is 5.71. The smallest absolute Gasteiger partial charge is 0.306 e. The zero-order valence-electron chi connectivity index (χ0n) is 41.3. The third kappa shape index (κ3) is 49.7. The summed E-state index contributed by atoms with van der Waals surface area (Å²) in [6.07, 6.45) is 64.6. The molecule has 0 aromatic carbocycles. The largest absolute Gasteiger partial charge is 0.462 e. The lowest BCUT2D eigenvalue weighted by atomic mass is 10.0. The highest BCUT2D eigenvalue weighted by Crippen LogP contribution is 2.15. The first kappa shape index (κ1) is 59.9. The van der Waals surface area contributed by atoms with Crippen LogP contribution in [0.25, 0.3) is 0 Å². The molecule has 0 radical (unpaired) electrons. The minimum Gasteiger partial charge on any atom is -0.462 e. The van der Waals surface area contributed by atoms with Gasteiger partial charge in [-0.05, 0) is 83.5 Å². The molecule has 6 heteroatoms. The van der Waals surface area contributed by atoms with Crippen molar-refractivity contribution in [3.8, 4) is 0 Å². The van der Waals surface area contributed by atoms with Crippen molar-refractivity contribution in [1.82, 2.24) is 0 Å². The van der Waals surface area contributed by atoms with E-state index in [1.54, 1.807) is 0 Å². The van der Waals surface area contributed by atoms with Gasteiger partial charge in [0.25, 0.3) is 0 Å². The van der Waals surface area contributed by atoms with Gasteiger partial charge in [0.1, 0.15) is 13.2 Å². The van der Waals surface area contributed by atoms with Crippen LogP contribution in [0.3, 0.4) is 0 Å². The lowest BCUT2D eigenvalue weighted by Gasteiger charge is -2.18. The predicted octanol–water partition coefficient (Wildman–Crippen LogP) is 17.4. The second-order valence-corrected chi connectivity index (χ2v) is 17.4. The van der Waals surface area contributed by atoms with Gasteiger partial charge in [0.05, 0.1) is 0 Å². The summed E-state index contributed by atoms with van der Waals surface area (Å²) in [6, 6.07) is 0. The van der Waals surface area contributed by atoms with Gasteiger partial charge in [-0.15, -0.1) is 0 Å². The lowest BCUT2D eigenvalue weighted by Crippen LogP contribution is -2.30. The highest BCUT2D eigenvalue weighted by Gasteiger charge is 2.19. The minimum atomic E-state index is -0.789. The van der Waals surface area contributed by atoms with Crippen LogP contribution in [0.5, 0.6) is 0 Å². The van der Waals surface area contributed by atoms with Gasteiger partial charge in [0.2, 0.25) is 0 Å². The fourth-order valence-corrected chi connectivity index (χ4v) is 7.21. The Kier molecular flexibility index (Phi) is 48.9. The fourth-order valence-electron chi connectivity index (χ4n) is 7.21. The molecular weight excluding hydrogens is 781 g/mol. The number of ether oxygens (including phenoxy) is 3. The van der Waals surface area contributed by atoms with Gasteiger partial charge >= 0.3 is 17.9 Å². The van der Waals surface area contributed by atoms with Crippen molar-refractivity contribution in [2.75, 3.05) is 13.2 Å². The standard InChI is InChI=1S/C57H98O6/c1-4-7-10-13-16-19-22-24-26-27-28-29-31-32-35-38-41-44-47-50-56(59)62-53-54(52-61-55(58)49-46-43-40-37-34-21-18-15-12-9-6-3)63-57(60)51-48-45-42-39-36-33-30-25-23-20-17-14-11-8-5-2/h7,10,15-16,18-19,24,26,28-29,32,35,54H,4-6,8-9,11-14,17,20-23,25,27,30-31,33-34,36-53H2,1-3H3/b10-7-,18-15-,19-16-,26-24-,29-28-,35-32-/t54-/m1/s1. The Morgan fingerprint density at radius 1 is 0.333 bits per heavy atom. The van der Waals surface area contributed by atoms with Crippen LogP contribution < -0.4 is 0 Å². The molecule has 0 rings (SSSR count). The third-order valence-electron chi connectivity index (χ3n) is 11.2. The van der Waals surface area contributed by atoms with Gasteiger partial charge < -0.3 is 14.2 Å². The van der Waals surface area contributed by atoms with Crippen molar-refractivity contribution in [3.05, 3.63) is 72.9 Å². The molecule has 0 aliphatic rings. The van der Waals surface area contributed by atoms with Crippen LogP contribution >= 0.6 is 0 Å². The maximum Gasteiger partial charge on any atom is 0.306 e. The van der Waals surface area contributed by atoms with Crippen LogP contribution in [0, 0.1) is 0 Å². The summed E-state index contributed by atoms with van der Waals surface area (Å²) < 4.78 is 16.8.